The van der Waals surface area contributed by atoms with Crippen LogP contribution in [0, 0.1) is 0 Å². The summed E-state index contributed by atoms with van der Waals surface area (Å²) in [6.07, 6.45) is 1.55. The summed E-state index contributed by atoms with van der Waals surface area (Å²) in [7, 11) is 0. The quantitative estimate of drug-likeness (QED) is 0.822. The second kappa shape index (κ2) is 6.94. The van der Waals surface area contributed by atoms with Gasteiger partial charge in [0.25, 0.3) is 0 Å². The normalized spacial score (nSPS) is 13.7. The highest BCUT2D eigenvalue weighted by atomic mass is 16.2. The van der Waals surface area contributed by atoms with Crippen LogP contribution in [0.4, 0.5) is 0 Å². The molecule has 112 valence electrons. The second-order valence-corrected chi connectivity index (χ2v) is 4.85. The smallest absolute Gasteiger partial charge is 0.236 e. The van der Waals surface area contributed by atoms with Crippen molar-refractivity contribution in [1.82, 2.24) is 30.8 Å². The summed E-state index contributed by atoms with van der Waals surface area (Å²) in [4.78, 5) is 11.8. The molecule has 1 aromatic heterocycles. The number of carbonyl (C=O) groups excluding carboxylic acids is 1. The molecule has 1 heterocycles. The van der Waals surface area contributed by atoms with Crippen molar-refractivity contribution in [3.8, 4) is 5.69 Å². The summed E-state index contributed by atoms with van der Waals surface area (Å²) in [5.74, 6) is 0.000908. The molecule has 7 heteroatoms. The summed E-state index contributed by atoms with van der Waals surface area (Å²) >= 11 is 0. The first kappa shape index (κ1) is 15.1. The highest BCUT2D eigenvalue weighted by Crippen LogP contribution is 2.16. The maximum absolute atomic E-state index is 11.8. The first-order chi connectivity index (χ1) is 10.1. The molecular weight excluding hydrogens is 268 g/mol. The molecule has 0 aliphatic carbocycles. The molecule has 0 fully saturated rings. The molecule has 0 aliphatic heterocycles. The van der Waals surface area contributed by atoms with Crippen molar-refractivity contribution in [1.29, 1.82) is 0 Å². The van der Waals surface area contributed by atoms with Gasteiger partial charge in [-0.3, -0.25) is 10.1 Å². The summed E-state index contributed by atoms with van der Waals surface area (Å²) in [6.45, 7) is 6.42. The lowest BCUT2D eigenvalue weighted by Gasteiger charge is -2.20. The van der Waals surface area contributed by atoms with E-state index >= 15 is 0 Å². The van der Waals surface area contributed by atoms with Gasteiger partial charge in [0.15, 0.2) is 0 Å². The Morgan fingerprint density at radius 2 is 2.19 bits per heavy atom. The van der Waals surface area contributed by atoms with Gasteiger partial charge in [-0.2, -0.15) is 0 Å². The minimum Gasteiger partial charge on any atom is -0.355 e. The summed E-state index contributed by atoms with van der Waals surface area (Å²) in [5, 5.41) is 17.2. The number of aromatic nitrogens is 4. The second-order valence-electron chi connectivity index (χ2n) is 4.85. The fourth-order valence-corrected chi connectivity index (χ4v) is 2.09. The van der Waals surface area contributed by atoms with Gasteiger partial charge < -0.3 is 5.32 Å². The predicted octanol–water partition coefficient (Wildman–Crippen LogP) is 0.837. The van der Waals surface area contributed by atoms with Crippen LogP contribution in [0.1, 0.15) is 32.4 Å². The highest BCUT2D eigenvalue weighted by molar-refractivity contribution is 5.81. The standard InChI is InChI=1S/C14H20N6O/c1-4-15-14(21)11(3)17-10(2)12-6-5-7-13(8-12)20-9-16-18-19-20/h5-11,17H,4H2,1-3H3,(H,15,21). The molecule has 0 spiro atoms. The number of rotatable bonds is 6. The Bertz CT molecular complexity index is 583. The summed E-state index contributed by atoms with van der Waals surface area (Å²) < 4.78 is 1.60. The lowest BCUT2D eigenvalue weighted by Crippen LogP contribution is -2.43. The molecule has 0 saturated heterocycles. The van der Waals surface area contributed by atoms with Crippen LogP contribution >= 0.6 is 0 Å². The number of hydrogen-bond acceptors (Lipinski definition) is 5. The first-order valence-electron chi connectivity index (χ1n) is 6.99. The van der Waals surface area contributed by atoms with Crippen molar-refractivity contribution in [2.24, 2.45) is 0 Å². The molecule has 2 unspecified atom stereocenters. The third kappa shape index (κ3) is 3.85. The molecule has 21 heavy (non-hydrogen) atoms. The topological polar surface area (TPSA) is 84.7 Å². The van der Waals surface area contributed by atoms with Crippen molar-refractivity contribution >= 4 is 5.91 Å². The number of hydrogen-bond donors (Lipinski definition) is 2. The van der Waals surface area contributed by atoms with Crippen LogP contribution in [-0.2, 0) is 4.79 Å². The van der Waals surface area contributed by atoms with Gasteiger partial charge in [0.05, 0.1) is 11.7 Å². The van der Waals surface area contributed by atoms with Crippen LogP contribution in [-0.4, -0.2) is 38.7 Å². The fraction of sp³-hybridized carbons (Fsp3) is 0.429. The van der Waals surface area contributed by atoms with Gasteiger partial charge in [-0.05, 0) is 48.9 Å². The van der Waals surface area contributed by atoms with Crippen molar-refractivity contribution < 1.29 is 4.79 Å². The fourth-order valence-electron chi connectivity index (χ4n) is 2.09. The van der Waals surface area contributed by atoms with Gasteiger partial charge in [0, 0.05) is 12.6 Å². The van der Waals surface area contributed by atoms with Crippen LogP contribution in [0.2, 0.25) is 0 Å². The van der Waals surface area contributed by atoms with E-state index in [0.29, 0.717) is 6.54 Å². The van der Waals surface area contributed by atoms with E-state index in [1.165, 1.54) is 0 Å². The predicted molar refractivity (Wildman–Crippen MR) is 78.9 cm³/mol. The summed E-state index contributed by atoms with van der Waals surface area (Å²) in [6, 6.07) is 7.67. The van der Waals surface area contributed by atoms with Crippen molar-refractivity contribution in [3.63, 3.8) is 0 Å². The van der Waals surface area contributed by atoms with E-state index in [-0.39, 0.29) is 18.0 Å². The van der Waals surface area contributed by atoms with Gasteiger partial charge in [-0.15, -0.1) is 5.10 Å². The molecule has 1 amide bonds. The van der Waals surface area contributed by atoms with Crippen molar-refractivity contribution in [3.05, 3.63) is 36.2 Å². The van der Waals surface area contributed by atoms with Crippen LogP contribution < -0.4 is 10.6 Å². The van der Waals surface area contributed by atoms with Gasteiger partial charge in [-0.25, -0.2) is 4.68 Å². The third-order valence-electron chi connectivity index (χ3n) is 3.23. The maximum atomic E-state index is 11.8. The van der Waals surface area contributed by atoms with E-state index in [0.717, 1.165) is 11.3 Å². The molecular formula is C14H20N6O. The average Bonchev–Trinajstić information content (AvgIpc) is 3.01. The summed E-state index contributed by atoms with van der Waals surface area (Å²) in [5.41, 5.74) is 1.95. The first-order valence-corrected chi connectivity index (χ1v) is 6.99. The molecule has 0 saturated carbocycles. The highest BCUT2D eigenvalue weighted by Gasteiger charge is 2.15. The Labute approximate surface area is 123 Å². The molecule has 0 aliphatic rings. The van der Waals surface area contributed by atoms with Crippen molar-refractivity contribution in [2.45, 2.75) is 32.9 Å². The number of benzene rings is 1. The number of nitrogens with one attached hydrogen (secondary N) is 2. The van der Waals surface area contributed by atoms with Crippen LogP contribution in [0.3, 0.4) is 0 Å². The van der Waals surface area contributed by atoms with Gasteiger partial charge in [-0.1, -0.05) is 12.1 Å². The average molecular weight is 288 g/mol. The zero-order chi connectivity index (χ0) is 15.2. The number of amides is 1. The SMILES string of the molecule is CCNC(=O)C(C)NC(C)c1cccc(-n2cnnn2)c1. The molecule has 2 N–H and O–H groups in total. The molecule has 1 aromatic carbocycles. The zero-order valence-corrected chi connectivity index (χ0v) is 12.4. The van der Waals surface area contributed by atoms with E-state index < -0.39 is 0 Å². The van der Waals surface area contributed by atoms with Gasteiger partial charge in [0.2, 0.25) is 5.91 Å². The van der Waals surface area contributed by atoms with Crippen LogP contribution in [0.25, 0.3) is 5.69 Å². The third-order valence-corrected chi connectivity index (χ3v) is 3.23. The Morgan fingerprint density at radius 1 is 1.38 bits per heavy atom. The van der Waals surface area contributed by atoms with E-state index in [1.54, 1.807) is 11.0 Å². The van der Waals surface area contributed by atoms with E-state index in [1.807, 2.05) is 45.0 Å². The number of nitrogens with zero attached hydrogens (tertiary/aromatic N) is 4. The Balaban J connectivity index is 2.07. The monoisotopic (exact) mass is 288 g/mol. The number of tetrazole rings is 1. The van der Waals surface area contributed by atoms with E-state index in [4.69, 9.17) is 0 Å². The minimum atomic E-state index is -0.253. The molecule has 2 atom stereocenters. The molecule has 0 bridgehead atoms. The molecule has 2 aromatic rings. The Hall–Kier alpha value is -2.28. The maximum Gasteiger partial charge on any atom is 0.236 e. The number of likely N-dealkylation sites (N-methyl/N-ethyl adjacent to an activating group) is 1. The zero-order valence-electron chi connectivity index (χ0n) is 12.4. The largest absolute Gasteiger partial charge is 0.355 e. The lowest BCUT2D eigenvalue weighted by atomic mass is 10.1. The Kier molecular flexibility index (Phi) is 4.99. The van der Waals surface area contributed by atoms with Crippen LogP contribution in [0.15, 0.2) is 30.6 Å². The van der Waals surface area contributed by atoms with E-state index in [9.17, 15) is 4.79 Å². The van der Waals surface area contributed by atoms with Crippen molar-refractivity contribution in [2.75, 3.05) is 6.54 Å². The molecule has 2 rings (SSSR count). The van der Waals surface area contributed by atoms with Crippen LogP contribution in [0.5, 0.6) is 0 Å². The molecule has 7 nitrogen and oxygen atoms in total. The lowest BCUT2D eigenvalue weighted by molar-refractivity contribution is -0.122. The molecule has 0 radical (unpaired) electrons. The minimum absolute atomic E-state index is 0.000908. The Morgan fingerprint density at radius 3 is 2.86 bits per heavy atom. The van der Waals surface area contributed by atoms with E-state index in [2.05, 4.69) is 26.2 Å². The number of carbonyl (C=O) groups is 1. The van der Waals surface area contributed by atoms with Gasteiger partial charge >= 0.3 is 0 Å². The van der Waals surface area contributed by atoms with Gasteiger partial charge in [0.1, 0.15) is 6.33 Å².